The summed E-state index contributed by atoms with van der Waals surface area (Å²) in [5.74, 6) is 3.41. The summed E-state index contributed by atoms with van der Waals surface area (Å²) in [7, 11) is 0. The van der Waals surface area contributed by atoms with Crippen LogP contribution in [-0.2, 0) is 6.54 Å². The van der Waals surface area contributed by atoms with Gasteiger partial charge in [0.1, 0.15) is 23.1 Å². The standard InChI is InChI=1S/C21H26N6O2.HI/c1-4-28-17-7-8-19(29-5-2)18(12-17)26-21(22)25-14-16-6-9-20(24-13-16)27-11-10-23-15(27)3;/h6-13H,4-5,14H2,1-3H3,(H3,22,25,26);1H. The molecule has 0 fully saturated rings. The highest BCUT2D eigenvalue weighted by atomic mass is 127. The number of nitrogens with two attached hydrogens (primary N) is 1. The normalized spacial score (nSPS) is 11.0. The Bertz CT molecular complexity index is 972. The van der Waals surface area contributed by atoms with Gasteiger partial charge in [-0.2, -0.15) is 0 Å². The lowest BCUT2D eigenvalue weighted by molar-refractivity contribution is 0.332. The number of guanidine groups is 1. The molecule has 160 valence electrons. The van der Waals surface area contributed by atoms with Crippen LogP contribution in [0.1, 0.15) is 25.2 Å². The molecule has 3 aromatic rings. The summed E-state index contributed by atoms with van der Waals surface area (Å²) in [6.45, 7) is 7.34. The molecule has 3 rings (SSSR count). The number of rotatable bonds is 8. The fourth-order valence-electron chi connectivity index (χ4n) is 2.77. The van der Waals surface area contributed by atoms with Crippen molar-refractivity contribution < 1.29 is 9.47 Å². The van der Waals surface area contributed by atoms with Gasteiger partial charge in [-0.25, -0.2) is 15.0 Å². The third kappa shape index (κ3) is 6.09. The SMILES string of the molecule is CCOc1ccc(OCC)c(NC(N)=NCc2ccc(-n3ccnc3C)nc2)c1.I. The maximum absolute atomic E-state index is 6.08. The average Bonchev–Trinajstić information content (AvgIpc) is 3.15. The molecular weight excluding hydrogens is 495 g/mol. The van der Waals surface area contributed by atoms with Gasteiger partial charge in [0.05, 0.1) is 25.4 Å². The Morgan fingerprint density at radius 1 is 1.13 bits per heavy atom. The molecule has 0 saturated heterocycles. The minimum atomic E-state index is 0. The van der Waals surface area contributed by atoms with Gasteiger partial charge < -0.3 is 20.5 Å². The smallest absolute Gasteiger partial charge is 0.193 e. The predicted octanol–water partition coefficient (Wildman–Crippen LogP) is 3.92. The second-order valence-electron chi connectivity index (χ2n) is 6.22. The maximum atomic E-state index is 6.08. The van der Waals surface area contributed by atoms with E-state index in [9.17, 15) is 0 Å². The number of hydrogen-bond acceptors (Lipinski definition) is 5. The minimum absolute atomic E-state index is 0. The van der Waals surface area contributed by atoms with E-state index in [1.165, 1.54) is 0 Å². The molecule has 30 heavy (non-hydrogen) atoms. The van der Waals surface area contributed by atoms with Gasteiger partial charge >= 0.3 is 0 Å². The molecule has 8 nitrogen and oxygen atoms in total. The molecule has 0 unspecified atom stereocenters. The number of imidazole rings is 1. The largest absolute Gasteiger partial charge is 0.494 e. The lowest BCUT2D eigenvalue weighted by atomic mass is 10.2. The molecule has 9 heteroatoms. The van der Waals surface area contributed by atoms with E-state index >= 15 is 0 Å². The maximum Gasteiger partial charge on any atom is 0.193 e. The van der Waals surface area contributed by atoms with Crippen molar-refractivity contribution in [2.24, 2.45) is 10.7 Å². The van der Waals surface area contributed by atoms with Crippen LogP contribution in [0, 0.1) is 6.92 Å². The highest BCUT2D eigenvalue weighted by molar-refractivity contribution is 14.0. The number of benzene rings is 1. The third-order valence-electron chi connectivity index (χ3n) is 4.14. The first kappa shape index (κ1) is 23.5. The Morgan fingerprint density at radius 2 is 1.93 bits per heavy atom. The van der Waals surface area contributed by atoms with Gasteiger partial charge in [-0.3, -0.25) is 4.57 Å². The minimum Gasteiger partial charge on any atom is -0.494 e. The van der Waals surface area contributed by atoms with E-state index in [0.717, 1.165) is 23.0 Å². The quantitative estimate of drug-likeness (QED) is 0.264. The molecule has 3 N–H and O–H groups in total. The second kappa shape index (κ2) is 11.4. The van der Waals surface area contributed by atoms with Crippen molar-refractivity contribution in [1.29, 1.82) is 0 Å². The predicted molar refractivity (Wildman–Crippen MR) is 129 cm³/mol. The van der Waals surface area contributed by atoms with Gasteiger partial charge in [0, 0.05) is 24.7 Å². The van der Waals surface area contributed by atoms with Crippen molar-refractivity contribution in [3.8, 4) is 17.3 Å². The van der Waals surface area contributed by atoms with Crippen molar-refractivity contribution in [3.05, 3.63) is 60.3 Å². The van der Waals surface area contributed by atoms with Crippen LogP contribution in [0.3, 0.4) is 0 Å². The van der Waals surface area contributed by atoms with Crippen molar-refractivity contribution in [1.82, 2.24) is 14.5 Å². The van der Waals surface area contributed by atoms with Gasteiger partial charge in [-0.15, -0.1) is 24.0 Å². The molecule has 1 aromatic carbocycles. The van der Waals surface area contributed by atoms with E-state index in [-0.39, 0.29) is 29.9 Å². The average molecular weight is 522 g/mol. The topological polar surface area (TPSA) is 99.6 Å². The molecule has 0 amide bonds. The molecule has 2 aromatic heterocycles. The molecule has 0 spiro atoms. The van der Waals surface area contributed by atoms with Crippen LogP contribution in [0.25, 0.3) is 5.82 Å². The van der Waals surface area contributed by atoms with E-state index < -0.39 is 0 Å². The first-order valence-corrected chi connectivity index (χ1v) is 9.52. The second-order valence-corrected chi connectivity index (χ2v) is 6.22. The Kier molecular flexibility index (Phi) is 8.90. The number of nitrogens with one attached hydrogen (secondary N) is 1. The number of aliphatic imine (C=N–C) groups is 1. The number of halogens is 1. The first-order chi connectivity index (χ1) is 14.1. The first-order valence-electron chi connectivity index (χ1n) is 9.52. The van der Waals surface area contributed by atoms with Crippen LogP contribution < -0.4 is 20.5 Å². The summed E-state index contributed by atoms with van der Waals surface area (Å²) >= 11 is 0. The number of pyridine rings is 1. The van der Waals surface area contributed by atoms with E-state index in [4.69, 9.17) is 15.2 Å². The van der Waals surface area contributed by atoms with Gasteiger partial charge in [0.2, 0.25) is 0 Å². The van der Waals surface area contributed by atoms with E-state index in [1.54, 1.807) is 12.4 Å². The molecule has 0 atom stereocenters. The van der Waals surface area contributed by atoms with Crippen LogP contribution in [0.2, 0.25) is 0 Å². The number of aromatic nitrogens is 3. The summed E-state index contributed by atoms with van der Waals surface area (Å²) in [6, 6.07) is 9.47. The van der Waals surface area contributed by atoms with Gasteiger partial charge in [-0.05, 0) is 44.5 Å². The molecule has 0 bridgehead atoms. The third-order valence-corrected chi connectivity index (χ3v) is 4.14. The number of anilines is 1. The Balaban J connectivity index is 0.00000320. The summed E-state index contributed by atoms with van der Waals surface area (Å²) < 4.78 is 13.1. The molecule has 2 heterocycles. The van der Waals surface area contributed by atoms with E-state index in [1.807, 2.05) is 61.9 Å². The Labute approximate surface area is 193 Å². The fourth-order valence-corrected chi connectivity index (χ4v) is 2.77. The van der Waals surface area contributed by atoms with Crippen molar-refractivity contribution >= 4 is 35.6 Å². The van der Waals surface area contributed by atoms with Crippen LogP contribution in [0.15, 0.2) is 53.9 Å². The monoisotopic (exact) mass is 522 g/mol. The van der Waals surface area contributed by atoms with Crippen LogP contribution in [-0.4, -0.2) is 33.7 Å². The van der Waals surface area contributed by atoms with Crippen molar-refractivity contribution in [2.75, 3.05) is 18.5 Å². The molecule has 0 aliphatic heterocycles. The Morgan fingerprint density at radius 3 is 2.57 bits per heavy atom. The molecule has 0 radical (unpaired) electrons. The number of hydrogen-bond donors (Lipinski definition) is 2. The lowest BCUT2D eigenvalue weighted by Gasteiger charge is -2.14. The molecule has 0 aliphatic rings. The fraction of sp³-hybridized carbons (Fsp3) is 0.286. The van der Waals surface area contributed by atoms with Gasteiger partial charge in [0.25, 0.3) is 0 Å². The molecule has 0 saturated carbocycles. The highest BCUT2D eigenvalue weighted by Crippen LogP contribution is 2.29. The molecular formula is C21H27IN6O2. The Hall–Kier alpha value is -2.82. The zero-order valence-corrected chi connectivity index (χ0v) is 19.7. The zero-order valence-electron chi connectivity index (χ0n) is 17.3. The van der Waals surface area contributed by atoms with Crippen LogP contribution >= 0.6 is 24.0 Å². The summed E-state index contributed by atoms with van der Waals surface area (Å²) in [5, 5.41) is 3.10. The van der Waals surface area contributed by atoms with Crippen LogP contribution in [0.4, 0.5) is 5.69 Å². The number of aryl methyl sites for hydroxylation is 1. The van der Waals surface area contributed by atoms with Crippen LogP contribution in [0.5, 0.6) is 11.5 Å². The zero-order chi connectivity index (χ0) is 20.6. The highest BCUT2D eigenvalue weighted by Gasteiger charge is 2.07. The summed E-state index contributed by atoms with van der Waals surface area (Å²) in [5.41, 5.74) is 7.74. The lowest BCUT2D eigenvalue weighted by Crippen LogP contribution is -2.23. The summed E-state index contributed by atoms with van der Waals surface area (Å²) in [6.07, 6.45) is 5.41. The van der Waals surface area contributed by atoms with Crippen molar-refractivity contribution in [2.45, 2.75) is 27.3 Å². The van der Waals surface area contributed by atoms with E-state index in [2.05, 4.69) is 20.3 Å². The van der Waals surface area contributed by atoms with Gasteiger partial charge in [0.15, 0.2) is 5.96 Å². The number of ether oxygens (including phenoxy) is 2. The molecule has 0 aliphatic carbocycles. The van der Waals surface area contributed by atoms with Gasteiger partial charge in [-0.1, -0.05) is 6.07 Å². The summed E-state index contributed by atoms with van der Waals surface area (Å²) in [4.78, 5) is 13.1. The van der Waals surface area contributed by atoms with Crippen molar-refractivity contribution in [3.63, 3.8) is 0 Å². The number of nitrogens with zero attached hydrogens (tertiary/aromatic N) is 4. The van der Waals surface area contributed by atoms with E-state index in [0.29, 0.717) is 31.2 Å².